The lowest BCUT2D eigenvalue weighted by Crippen LogP contribution is -2.25. The van der Waals surface area contributed by atoms with Gasteiger partial charge in [0.15, 0.2) is 0 Å². The Morgan fingerprint density at radius 2 is 1.66 bits per heavy atom. The molecule has 1 aliphatic carbocycles. The van der Waals surface area contributed by atoms with Crippen LogP contribution in [-0.2, 0) is 0 Å². The van der Waals surface area contributed by atoms with Crippen LogP contribution in [-0.4, -0.2) is 35.8 Å². The Morgan fingerprint density at radius 3 is 2.45 bits per heavy atom. The van der Waals surface area contributed by atoms with Gasteiger partial charge in [0.25, 0.3) is 0 Å². The maximum Gasteiger partial charge on any atom is 0.116 e. The fraction of sp³-hybridized carbons (Fsp3) is 0.308. The summed E-state index contributed by atoms with van der Waals surface area (Å²) in [6, 6.07) is 19.8. The molecule has 3 heteroatoms. The van der Waals surface area contributed by atoms with E-state index in [-0.39, 0.29) is 5.92 Å². The van der Waals surface area contributed by atoms with E-state index in [4.69, 9.17) is 0 Å². The Labute approximate surface area is 172 Å². The van der Waals surface area contributed by atoms with Crippen LogP contribution in [0.3, 0.4) is 0 Å². The summed E-state index contributed by atoms with van der Waals surface area (Å²) in [5, 5.41) is 22.0. The van der Waals surface area contributed by atoms with Gasteiger partial charge in [0.05, 0.1) is 0 Å². The first-order valence-electron chi connectivity index (χ1n) is 10.4. The van der Waals surface area contributed by atoms with Gasteiger partial charge in [0.2, 0.25) is 0 Å². The number of hydrogen-bond donors (Lipinski definition) is 2. The predicted octanol–water partition coefficient (Wildman–Crippen LogP) is 5.78. The molecule has 2 unspecified atom stereocenters. The minimum atomic E-state index is 0.275. The Balaban J connectivity index is 1.76. The number of rotatable bonds is 4. The average molecular weight is 388 g/mol. The fourth-order valence-corrected chi connectivity index (χ4v) is 4.62. The summed E-state index contributed by atoms with van der Waals surface area (Å²) in [4.78, 5) is 2.27. The van der Waals surface area contributed by atoms with E-state index in [0.717, 1.165) is 30.2 Å². The number of phenols is 2. The SMILES string of the molecule is CN(C)CC1CCCC(c2ccc3cc(O)ccc3c2)=CC1c1cccc(O)c1. The second kappa shape index (κ2) is 8.30. The lowest BCUT2D eigenvalue weighted by molar-refractivity contribution is 0.293. The number of fused-ring (bicyclic) bond motifs is 1. The van der Waals surface area contributed by atoms with Crippen molar-refractivity contribution in [1.29, 1.82) is 0 Å². The van der Waals surface area contributed by atoms with Crippen LogP contribution in [0.2, 0.25) is 0 Å². The quantitative estimate of drug-likeness (QED) is 0.596. The van der Waals surface area contributed by atoms with Crippen LogP contribution < -0.4 is 0 Å². The molecule has 0 saturated heterocycles. The molecule has 0 fully saturated rings. The van der Waals surface area contributed by atoms with Crippen LogP contribution in [0.1, 0.15) is 36.3 Å². The van der Waals surface area contributed by atoms with Crippen LogP contribution in [0, 0.1) is 5.92 Å². The van der Waals surface area contributed by atoms with Gasteiger partial charge in [-0.05, 0) is 97.1 Å². The van der Waals surface area contributed by atoms with Crippen molar-refractivity contribution in [3.63, 3.8) is 0 Å². The third-order valence-corrected chi connectivity index (χ3v) is 5.96. The highest BCUT2D eigenvalue weighted by Gasteiger charge is 2.26. The summed E-state index contributed by atoms with van der Waals surface area (Å²) >= 11 is 0. The molecule has 3 aromatic carbocycles. The molecule has 1 aliphatic rings. The summed E-state index contributed by atoms with van der Waals surface area (Å²) in [5.41, 5.74) is 3.80. The largest absolute Gasteiger partial charge is 0.508 e. The third kappa shape index (κ3) is 4.46. The number of benzene rings is 3. The number of aromatic hydroxyl groups is 2. The van der Waals surface area contributed by atoms with Gasteiger partial charge >= 0.3 is 0 Å². The normalized spacial score (nSPS) is 19.9. The van der Waals surface area contributed by atoms with Gasteiger partial charge in [-0.3, -0.25) is 0 Å². The molecule has 0 aliphatic heterocycles. The van der Waals surface area contributed by atoms with E-state index in [1.807, 2.05) is 24.3 Å². The van der Waals surface area contributed by atoms with E-state index < -0.39 is 0 Å². The molecule has 0 aromatic heterocycles. The van der Waals surface area contributed by atoms with E-state index in [2.05, 4.69) is 49.3 Å². The molecule has 4 rings (SSSR count). The van der Waals surface area contributed by atoms with Crippen molar-refractivity contribution in [3.8, 4) is 11.5 Å². The van der Waals surface area contributed by atoms with Crippen molar-refractivity contribution in [2.45, 2.75) is 25.2 Å². The van der Waals surface area contributed by atoms with Crippen molar-refractivity contribution in [2.24, 2.45) is 5.92 Å². The minimum Gasteiger partial charge on any atom is -0.508 e. The van der Waals surface area contributed by atoms with E-state index >= 15 is 0 Å². The maximum atomic E-state index is 10.1. The first kappa shape index (κ1) is 19.5. The molecule has 3 nitrogen and oxygen atoms in total. The van der Waals surface area contributed by atoms with Gasteiger partial charge < -0.3 is 15.1 Å². The van der Waals surface area contributed by atoms with Crippen molar-refractivity contribution in [2.75, 3.05) is 20.6 Å². The summed E-state index contributed by atoms with van der Waals surface area (Å²) in [6.45, 7) is 1.03. The minimum absolute atomic E-state index is 0.275. The van der Waals surface area contributed by atoms with Gasteiger partial charge in [-0.2, -0.15) is 0 Å². The van der Waals surface area contributed by atoms with Gasteiger partial charge in [-0.1, -0.05) is 36.4 Å². The molecule has 3 aromatic rings. The molecule has 0 heterocycles. The van der Waals surface area contributed by atoms with Crippen LogP contribution in [0.5, 0.6) is 11.5 Å². The topological polar surface area (TPSA) is 43.7 Å². The zero-order valence-corrected chi connectivity index (χ0v) is 17.2. The molecule has 2 N–H and O–H groups in total. The Kier molecular flexibility index (Phi) is 5.59. The number of hydrogen-bond acceptors (Lipinski definition) is 3. The average Bonchev–Trinajstić information content (AvgIpc) is 2.90. The molecule has 0 bridgehead atoms. The van der Waals surface area contributed by atoms with Crippen molar-refractivity contribution in [1.82, 2.24) is 4.90 Å². The molecular weight excluding hydrogens is 358 g/mol. The molecule has 0 radical (unpaired) electrons. The van der Waals surface area contributed by atoms with Crippen LogP contribution >= 0.6 is 0 Å². The standard InChI is InChI=1S/C26H29NO2/c1-27(2)17-23-7-3-5-18(16-26(23)22-6-4-8-24(28)15-22)19-9-10-21-14-25(29)12-11-20(21)13-19/h4,6,8-16,23,26,28-29H,3,5,7,17H2,1-2H3. The Bertz CT molecular complexity index is 1040. The Hall–Kier alpha value is -2.78. The summed E-state index contributed by atoms with van der Waals surface area (Å²) < 4.78 is 0. The monoisotopic (exact) mass is 387 g/mol. The number of allylic oxidation sites excluding steroid dienone is 2. The van der Waals surface area contributed by atoms with Crippen LogP contribution in [0.15, 0.2) is 66.7 Å². The molecule has 29 heavy (non-hydrogen) atoms. The highest BCUT2D eigenvalue weighted by Crippen LogP contribution is 2.39. The van der Waals surface area contributed by atoms with E-state index in [1.165, 1.54) is 23.1 Å². The summed E-state index contributed by atoms with van der Waals surface area (Å²) in [7, 11) is 4.27. The van der Waals surface area contributed by atoms with Crippen LogP contribution in [0.4, 0.5) is 0 Å². The second-order valence-corrected chi connectivity index (χ2v) is 8.47. The van der Waals surface area contributed by atoms with Crippen LogP contribution in [0.25, 0.3) is 16.3 Å². The molecule has 0 spiro atoms. The van der Waals surface area contributed by atoms with E-state index in [0.29, 0.717) is 17.4 Å². The van der Waals surface area contributed by atoms with Crippen molar-refractivity contribution >= 4 is 16.3 Å². The Morgan fingerprint density at radius 1 is 0.897 bits per heavy atom. The molecule has 2 atom stereocenters. The van der Waals surface area contributed by atoms with E-state index in [9.17, 15) is 10.2 Å². The van der Waals surface area contributed by atoms with Gasteiger partial charge in [0, 0.05) is 12.5 Å². The molecule has 0 saturated carbocycles. The molecule has 0 amide bonds. The summed E-state index contributed by atoms with van der Waals surface area (Å²) in [6.07, 6.45) is 5.81. The van der Waals surface area contributed by atoms with Crippen molar-refractivity contribution < 1.29 is 10.2 Å². The first-order chi connectivity index (χ1) is 14.0. The molecule has 150 valence electrons. The zero-order valence-electron chi connectivity index (χ0n) is 17.2. The van der Waals surface area contributed by atoms with Gasteiger partial charge in [-0.15, -0.1) is 0 Å². The lowest BCUT2D eigenvalue weighted by atomic mass is 9.83. The smallest absolute Gasteiger partial charge is 0.116 e. The highest BCUT2D eigenvalue weighted by molar-refractivity contribution is 5.87. The fourth-order valence-electron chi connectivity index (χ4n) is 4.62. The third-order valence-electron chi connectivity index (χ3n) is 5.96. The van der Waals surface area contributed by atoms with E-state index in [1.54, 1.807) is 12.1 Å². The number of nitrogens with zero attached hydrogens (tertiary/aromatic N) is 1. The highest BCUT2D eigenvalue weighted by atomic mass is 16.3. The van der Waals surface area contributed by atoms with Gasteiger partial charge in [0.1, 0.15) is 11.5 Å². The van der Waals surface area contributed by atoms with Gasteiger partial charge in [-0.25, -0.2) is 0 Å². The summed E-state index contributed by atoms with van der Waals surface area (Å²) in [5.74, 6) is 1.42. The number of phenolic OH excluding ortho intramolecular Hbond substituents is 2. The predicted molar refractivity (Wildman–Crippen MR) is 120 cm³/mol. The zero-order chi connectivity index (χ0) is 20.4. The second-order valence-electron chi connectivity index (χ2n) is 8.47. The maximum absolute atomic E-state index is 10.1. The van der Waals surface area contributed by atoms with Crippen molar-refractivity contribution in [3.05, 3.63) is 77.9 Å². The molecular formula is C26H29NO2. The lowest BCUT2D eigenvalue weighted by Gasteiger charge is -2.27. The first-order valence-corrected chi connectivity index (χ1v) is 10.4.